The van der Waals surface area contributed by atoms with E-state index in [1.54, 1.807) is 0 Å². The SMILES string of the molecule is CCc1nnc2ccc(N3C[C@H](c4ccccc4C)OC[C@@H]3C)nn12. The molecule has 1 saturated heterocycles. The summed E-state index contributed by atoms with van der Waals surface area (Å²) < 4.78 is 7.97. The third-order valence-electron chi connectivity index (χ3n) is 4.89. The quantitative estimate of drug-likeness (QED) is 0.735. The predicted octanol–water partition coefficient (Wildman–Crippen LogP) is 2.96. The van der Waals surface area contributed by atoms with Crippen molar-refractivity contribution in [1.82, 2.24) is 19.8 Å². The molecule has 0 amide bonds. The molecule has 0 radical (unpaired) electrons. The van der Waals surface area contributed by atoms with Crippen LogP contribution in [0.15, 0.2) is 36.4 Å². The van der Waals surface area contributed by atoms with Crippen molar-refractivity contribution >= 4 is 11.5 Å². The third kappa shape index (κ3) is 2.87. The van der Waals surface area contributed by atoms with E-state index in [0.29, 0.717) is 6.61 Å². The molecule has 0 aliphatic carbocycles. The molecule has 6 nitrogen and oxygen atoms in total. The van der Waals surface area contributed by atoms with Crippen LogP contribution < -0.4 is 4.90 Å². The number of rotatable bonds is 3. The molecule has 0 unspecified atom stereocenters. The van der Waals surface area contributed by atoms with Crippen LogP contribution in [0.3, 0.4) is 0 Å². The molecule has 3 aromatic rings. The normalized spacial score (nSPS) is 21.0. The van der Waals surface area contributed by atoms with Gasteiger partial charge in [0.25, 0.3) is 0 Å². The second-order valence-electron chi connectivity index (χ2n) is 6.61. The van der Waals surface area contributed by atoms with E-state index in [-0.39, 0.29) is 12.1 Å². The molecule has 4 rings (SSSR count). The van der Waals surface area contributed by atoms with Gasteiger partial charge in [0.1, 0.15) is 11.9 Å². The maximum Gasteiger partial charge on any atom is 0.178 e. The molecule has 1 aliphatic heterocycles. The van der Waals surface area contributed by atoms with Gasteiger partial charge in [0.15, 0.2) is 11.5 Å². The number of benzene rings is 1. The molecular formula is C19H23N5O. The maximum absolute atomic E-state index is 6.13. The van der Waals surface area contributed by atoms with E-state index in [0.717, 1.165) is 30.3 Å². The van der Waals surface area contributed by atoms with Crippen LogP contribution in [-0.2, 0) is 11.2 Å². The zero-order chi connectivity index (χ0) is 17.4. The van der Waals surface area contributed by atoms with Gasteiger partial charge in [0.2, 0.25) is 0 Å². The molecule has 3 heterocycles. The highest BCUT2D eigenvalue weighted by molar-refractivity contribution is 5.47. The number of ether oxygens (including phenoxy) is 1. The molecule has 1 fully saturated rings. The van der Waals surface area contributed by atoms with Crippen LogP contribution >= 0.6 is 0 Å². The van der Waals surface area contributed by atoms with Crippen molar-refractivity contribution in [3.05, 3.63) is 53.3 Å². The van der Waals surface area contributed by atoms with Crippen molar-refractivity contribution in [1.29, 1.82) is 0 Å². The lowest BCUT2D eigenvalue weighted by atomic mass is 10.0. The molecular weight excluding hydrogens is 314 g/mol. The summed E-state index contributed by atoms with van der Waals surface area (Å²) in [6.07, 6.45) is 0.865. The lowest BCUT2D eigenvalue weighted by Gasteiger charge is -2.39. The number of aryl methyl sites for hydroxylation is 2. The minimum absolute atomic E-state index is 0.0569. The lowest BCUT2D eigenvalue weighted by Crippen LogP contribution is -2.45. The van der Waals surface area contributed by atoms with Crippen LogP contribution in [0.5, 0.6) is 0 Å². The Bertz CT molecular complexity index is 890. The summed E-state index contributed by atoms with van der Waals surface area (Å²) in [5.41, 5.74) is 3.30. The minimum Gasteiger partial charge on any atom is -0.370 e. The smallest absolute Gasteiger partial charge is 0.178 e. The number of morpholine rings is 1. The van der Waals surface area contributed by atoms with Crippen molar-refractivity contribution in [2.75, 3.05) is 18.1 Å². The first-order valence-electron chi connectivity index (χ1n) is 8.82. The highest BCUT2D eigenvalue weighted by Gasteiger charge is 2.29. The Morgan fingerprint density at radius 2 is 2.00 bits per heavy atom. The van der Waals surface area contributed by atoms with E-state index in [2.05, 4.69) is 60.1 Å². The fourth-order valence-corrected chi connectivity index (χ4v) is 3.41. The van der Waals surface area contributed by atoms with E-state index >= 15 is 0 Å². The summed E-state index contributed by atoms with van der Waals surface area (Å²) in [5, 5.41) is 13.2. The summed E-state index contributed by atoms with van der Waals surface area (Å²) in [7, 11) is 0. The van der Waals surface area contributed by atoms with Crippen LogP contribution in [0.25, 0.3) is 5.65 Å². The molecule has 130 valence electrons. The molecule has 25 heavy (non-hydrogen) atoms. The molecule has 1 aliphatic rings. The predicted molar refractivity (Wildman–Crippen MR) is 96.8 cm³/mol. The topological polar surface area (TPSA) is 55.5 Å². The lowest BCUT2D eigenvalue weighted by molar-refractivity contribution is 0.0208. The Morgan fingerprint density at radius 3 is 2.80 bits per heavy atom. The number of aromatic nitrogens is 4. The summed E-state index contributed by atoms with van der Waals surface area (Å²) in [4.78, 5) is 2.32. The van der Waals surface area contributed by atoms with E-state index in [9.17, 15) is 0 Å². The minimum atomic E-state index is 0.0569. The van der Waals surface area contributed by atoms with Crippen LogP contribution in [0.4, 0.5) is 5.82 Å². The van der Waals surface area contributed by atoms with Gasteiger partial charge in [0.05, 0.1) is 19.2 Å². The van der Waals surface area contributed by atoms with Gasteiger partial charge in [-0.15, -0.1) is 15.3 Å². The number of nitrogens with zero attached hydrogens (tertiary/aromatic N) is 5. The Morgan fingerprint density at radius 1 is 1.16 bits per heavy atom. The molecule has 6 heteroatoms. The first-order chi connectivity index (χ1) is 12.2. The molecule has 2 aromatic heterocycles. The van der Waals surface area contributed by atoms with E-state index in [1.807, 2.05) is 16.6 Å². The molecule has 0 bridgehead atoms. The number of hydrogen-bond donors (Lipinski definition) is 0. The van der Waals surface area contributed by atoms with Gasteiger partial charge >= 0.3 is 0 Å². The Hall–Kier alpha value is -2.47. The summed E-state index contributed by atoms with van der Waals surface area (Å²) in [6, 6.07) is 12.7. The fourth-order valence-electron chi connectivity index (χ4n) is 3.41. The van der Waals surface area contributed by atoms with Crippen molar-refractivity contribution < 1.29 is 4.74 Å². The standard InChI is InChI=1S/C19H23N5O/c1-4-17-20-21-18-9-10-19(22-24(17)18)23-11-16(25-12-14(23)3)15-8-6-5-7-13(15)2/h5-10,14,16H,4,11-12H2,1-3H3/t14-,16+/m0/s1. The molecule has 2 atom stereocenters. The van der Waals surface area contributed by atoms with Crippen LogP contribution in [0, 0.1) is 6.92 Å². The second-order valence-corrected chi connectivity index (χ2v) is 6.61. The number of fused-ring (bicyclic) bond motifs is 1. The number of hydrogen-bond acceptors (Lipinski definition) is 5. The third-order valence-corrected chi connectivity index (χ3v) is 4.89. The zero-order valence-corrected chi connectivity index (χ0v) is 14.9. The fraction of sp³-hybridized carbons (Fsp3) is 0.421. The van der Waals surface area contributed by atoms with E-state index in [4.69, 9.17) is 9.84 Å². The summed E-state index contributed by atoms with van der Waals surface area (Å²) >= 11 is 0. The first kappa shape index (κ1) is 16.0. The molecule has 1 aromatic carbocycles. The number of anilines is 1. The van der Waals surface area contributed by atoms with Crippen molar-refractivity contribution in [3.63, 3.8) is 0 Å². The maximum atomic E-state index is 6.13. The van der Waals surface area contributed by atoms with Gasteiger partial charge in [-0.2, -0.15) is 4.52 Å². The van der Waals surface area contributed by atoms with Gasteiger partial charge in [-0.1, -0.05) is 31.2 Å². The van der Waals surface area contributed by atoms with Gasteiger partial charge in [-0.25, -0.2) is 0 Å². The Kier molecular flexibility index (Phi) is 4.13. The van der Waals surface area contributed by atoms with Crippen molar-refractivity contribution in [3.8, 4) is 0 Å². The van der Waals surface area contributed by atoms with Gasteiger partial charge in [0, 0.05) is 6.42 Å². The van der Waals surface area contributed by atoms with E-state index in [1.165, 1.54) is 11.1 Å². The second kappa shape index (κ2) is 6.44. The Balaban J connectivity index is 1.67. The highest BCUT2D eigenvalue weighted by Crippen LogP contribution is 2.29. The van der Waals surface area contributed by atoms with Crippen molar-refractivity contribution in [2.24, 2.45) is 0 Å². The average molecular weight is 337 g/mol. The van der Waals surface area contributed by atoms with Gasteiger partial charge < -0.3 is 9.64 Å². The van der Waals surface area contributed by atoms with Crippen molar-refractivity contribution in [2.45, 2.75) is 39.3 Å². The molecule has 0 saturated carbocycles. The largest absolute Gasteiger partial charge is 0.370 e. The first-order valence-corrected chi connectivity index (χ1v) is 8.82. The van der Waals surface area contributed by atoms with Crippen LogP contribution in [-0.4, -0.2) is 39.0 Å². The Labute approximate surface area is 147 Å². The van der Waals surface area contributed by atoms with Gasteiger partial charge in [-0.05, 0) is 37.1 Å². The average Bonchev–Trinajstić information content (AvgIpc) is 3.05. The monoisotopic (exact) mass is 337 g/mol. The molecule has 0 N–H and O–H groups in total. The van der Waals surface area contributed by atoms with Crippen LogP contribution in [0.1, 0.15) is 36.9 Å². The highest BCUT2D eigenvalue weighted by atomic mass is 16.5. The summed E-state index contributed by atoms with van der Waals surface area (Å²) in [6.45, 7) is 7.84. The molecule has 0 spiro atoms. The summed E-state index contributed by atoms with van der Waals surface area (Å²) in [5.74, 6) is 1.82. The van der Waals surface area contributed by atoms with E-state index < -0.39 is 0 Å². The zero-order valence-electron chi connectivity index (χ0n) is 14.9. The van der Waals surface area contributed by atoms with Gasteiger partial charge in [-0.3, -0.25) is 0 Å². The van der Waals surface area contributed by atoms with Crippen LogP contribution in [0.2, 0.25) is 0 Å².